The molecule has 2 rings (SSSR count). The molecule has 2 heterocycles. The molecule has 0 spiro atoms. The van der Waals surface area contributed by atoms with Gasteiger partial charge < -0.3 is 11.1 Å². The normalized spacial score (nSPS) is 14.9. The Bertz CT molecular complexity index is 516. The molecule has 1 aliphatic rings. The SMILES string of the molecule is NC(=O)CCn1ccc(NC(=O)C=C2CCSCC2)n1. The minimum atomic E-state index is -0.369. The molecule has 0 bridgehead atoms. The molecule has 0 unspecified atom stereocenters. The standard InChI is InChI=1S/C13H18N4O2S/c14-11(18)1-5-17-6-2-12(16-17)15-13(19)9-10-3-7-20-8-4-10/h2,6,9H,1,3-5,7-8H2,(H2,14,18)(H,15,16,19). The van der Waals surface area contributed by atoms with E-state index in [2.05, 4.69) is 10.4 Å². The fourth-order valence-corrected chi connectivity index (χ4v) is 2.92. The summed E-state index contributed by atoms with van der Waals surface area (Å²) in [5, 5.41) is 6.89. The maximum absolute atomic E-state index is 11.8. The molecule has 6 nitrogen and oxygen atoms in total. The van der Waals surface area contributed by atoms with Gasteiger partial charge in [-0.25, -0.2) is 0 Å². The second-order valence-electron chi connectivity index (χ2n) is 4.58. The summed E-state index contributed by atoms with van der Waals surface area (Å²) < 4.78 is 1.59. The molecule has 0 saturated carbocycles. The fourth-order valence-electron chi connectivity index (χ4n) is 1.90. The molecule has 20 heavy (non-hydrogen) atoms. The monoisotopic (exact) mass is 294 g/mol. The highest BCUT2D eigenvalue weighted by molar-refractivity contribution is 7.99. The molecular weight excluding hydrogens is 276 g/mol. The third-order valence-corrected chi connectivity index (χ3v) is 3.94. The Morgan fingerprint density at radius 1 is 1.45 bits per heavy atom. The Morgan fingerprint density at radius 3 is 2.90 bits per heavy atom. The van der Waals surface area contributed by atoms with E-state index in [0.717, 1.165) is 24.3 Å². The zero-order valence-electron chi connectivity index (χ0n) is 11.2. The lowest BCUT2D eigenvalue weighted by atomic mass is 10.1. The van der Waals surface area contributed by atoms with Crippen LogP contribution in [-0.2, 0) is 16.1 Å². The summed E-state index contributed by atoms with van der Waals surface area (Å²) in [5.41, 5.74) is 6.26. The van der Waals surface area contributed by atoms with E-state index >= 15 is 0 Å². The number of carbonyl (C=O) groups is 2. The summed E-state index contributed by atoms with van der Waals surface area (Å²) >= 11 is 1.91. The van der Waals surface area contributed by atoms with Crippen LogP contribution in [0.4, 0.5) is 5.82 Å². The predicted octanol–water partition coefficient (Wildman–Crippen LogP) is 1.15. The minimum Gasteiger partial charge on any atom is -0.370 e. The van der Waals surface area contributed by atoms with Crippen LogP contribution in [0.5, 0.6) is 0 Å². The first-order valence-electron chi connectivity index (χ1n) is 6.53. The van der Waals surface area contributed by atoms with Gasteiger partial charge in [-0.1, -0.05) is 5.57 Å². The molecule has 0 aliphatic carbocycles. The van der Waals surface area contributed by atoms with Crippen LogP contribution in [0, 0.1) is 0 Å². The van der Waals surface area contributed by atoms with Crippen molar-refractivity contribution in [1.29, 1.82) is 0 Å². The highest BCUT2D eigenvalue weighted by Gasteiger charge is 2.09. The van der Waals surface area contributed by atoms with Crippen molar-refractivity contribution in [2.75, 3.05) is 16.8 Å². The molecule has 2 amide bonds. The van der Waals surface area contributed by atoms with Crippen molar-refractivity contribution < 1.29 is 9.59 Å². The van der Waals surface area contributed by atoms with Crippen LogP contribution in [0.25, 0.3) is 0 Å². The van der Waals surface area contributed by atoms with E-state index in [1.807, 2.05) is 11.8 Å². The molecule has 1 saturated heterocycles. The first-order chi connectivity index (χ1) is 9.63. The number of aromatic nitrogens is 2. The Morgan fingerprint density at radius 2 is 2.20 bits per heavy atom. The van der Waals surface area contributed by atoms with Crippen molar-refractivity contribution in [3.8, 4) is 0 Å². The fraction of sp³-hybridized carbons (Fsp3) is 0.462. The Kier molecular flexibility index (Phi) is 5.23. The topological polar surface area (TPSA) is 90.0 Å². The minimum absolute atomic E-state index is 0.146. The number of primary amides is 1. The van der Waals surface area contributed by atoms with Gasteiger partial charge in [0.2, 0.25) is 11.8 Å². The van der Waals surface area contributed by atoms with E-state index < -0.39 is 0 Å². The molecular formula is C13H18N4O2S. The number of nitrogens with two attached hydrogens (primary N) is 1. The number of thioether (sulfide) groups is 1. The summed E-state index contributed by atoms with van der Waals surface area (Å²) in [6.45, 7) is 0.420. The number of aryl methyl sites for hydroxylation is 1. The van der Waals surface area contributed by atoms with E-state index in [1.165, 1.54) is 5.57 Å². The van der Waals surface area contributed by atoms with Crippen molar-refractivity contribution in [3.63, 3.8) is 0 Å². The van der Waals surface area contributed by atoms with Gasteiger partial charge in [0.1, 0.15) is 0 Å². The maximum atomic E-state index is 11.8. The zero-order chi connectivity index (χ0) is 14.4. The van der Waals surface area contributed by atoms with Gasteiger partial charge in [0.15, 0.2) is 5.82 Å². The quantitative estimate of drug-likeness (QED) is 0.797. The Balaban J connectivity index is 1.86. The molecule has 1 aromatic rings. The van der Waals surface area contributed by atoms with Gasteiger partial charge in [0.25, 0.3) is 0 Å². The molecule has 1 fully saturated rings. The highest BCUT2D eigenvalue weighted by Crippen LogP contribution is 2.21. The average Bonchev–Trinajstić information content (AvgIpc) is 2.85. The summed E-state index contributed by atoms with van der Waals surface area (Å²) in [5.74, 6) is 2.14. The number of nitrogens with zero attached hydrogens (tertiary/aromatic N) is 2. The van der Waals surface area contributed by atoms with E-state index in [1.54, 1.807) is 23.0 Å². The largest absolute Gasteiger partial charge is 0.370 e. The van der Waals surface area contributed by atoms with Gasteiger partial charge in [0, 0.05) is 31.3 Å². The van der Waals surface area contributed by atoms with Crippen LogP contribution in [0.1, 0.15) is 19.3 Å². The second kappa shape index (κ2) is 7.14. The number of anilines is 1. The van der Waals surface area contributed by atoms with Gasteiger partial charge in [-0.05, 0) is 24.3 Å². The Labute approximate surface area is 121 Å². The van der Waals surface area contributed by atoms with Crippen molar-refractivity contribution >= 4 is 29.4 Å². The van der Waals surface area contributed by atoms with Crippen molar-refractivity contribution in [2.24, 2.45) is 5.73 Å². The molecule has 0 atom stereocenters. The summed E-state index contributed by atoms with van der Waals surface area (Å²) in [6.07, 6.45) is 5.57. The first kappa shape index (κ1) is 14.6. The van der Waals surface area contributed by atoms with Gasteiger partial charge in [-0.15, -0.1) is 0 Å². The summed E-state index contributed by atoms with van der Waals surface area (Å²) in [6, 6.07) is 1.70. The molecule has 1 aliphatic heterocycles. The molecule has 108 valence electrons. The number of amides is 2. The van der Waals surface area contributed by atoms with Gasteiger partial charge in [0.05, 0.1) is 0 Å². The van der Waals surface area contributed by atoms with E-state index in [4.69, 9.17) is 5.73 Å². The van der Waals surface area contributed by atoms with Gasteiger partial charge >= 0.3 is 0 Å². The third kappa shape index (κ3) is 4.73. The van der Waals surface area contributed by atoms with E-state index in [0.29, 0.717) is 12.4 Å². The van der Waals surface area contributed by atoms with E-state index in [-0.39, 0.29) is 18.2 Å². The predicted molar refractivity (Wildman–Crippen MR) is 79.3 cm³/mol. The van der Waals surface area contributed by atoms with Gasteiger partial charge in [-0.3, -0.25) is 14.3 Å². The van der Waals surface area contributed by atoms with Crippen molar-refractivity contribution in [2.45, 2.75) is 25.8 Å². The Hall–Kier alpha value is -1.76. The lowest BCUT2D eigenvalue weighted by Gasteiger charge is -2.12. The van der Waals surface area contributed by atoms with Crippen LogP contribution < -0.4 is 11.1 Å². The second-order valence-corrected chi connectivity index (χ2v) is 5.81. The van der Waals surface area contributed by atoms with Crippen LogP contribution in [0.3, 0.4) is 0 Å². The first-order valence-corrected chi connectivity index (χ1v) is 7.69. The van der Waals surface area contributed by atoms with Crippen molar-refractivity contribution in [3.05, 3.63) is 23.9 Å². The maximum Gasteiger partial charge on any atom is 0.249 e. The third-order valence-electron chi connectivity index (χ3n) is 2.95. The summed E-state index contributed by atoms with van der Waals surface area (Å²) in [4.78, 5) is 22.5. The lowest BCUT2D eigenvalue weighted by Crippen LogP contribution is -2.15. The molecule has 0 aromatic carbocycles. The molecule has 3 N–H and O–H groups in total. The highest BCUT2D eigenvalue weighted by atomic mass is 32.2. The van der Waals surface area contributed by atoms with Crippen LogP contribution in [-0.4, -0.2) is 33.1 Å². The molecule has 1 aromatic heterocycles. The smallest absolute Gasteiger partial charge is 0.249 e. The number of hydrogen-bond acceptors (Lipinski definition) is 4. The number of rotatable bonds is 5. The number of nitrogens with one attached hydrogen (secondary N) is 1. The van der Waals surface area contributed by atoms with Crippen LogP contribution >= 0.6 is 11.8 Å². The number of hydrogen-bond donors (Lipinski definition) is 2. The zero-order valence-corrected chi connectivity index (χ0v) is 12.0. The number of allylic oxidation sites excluding steroid dienone is 1. The lowest BCUT2D eigenvalue weighted by molar-refractivity contribution is -0.118. The number of carbonyl (C=O) groups excluding carboxylic acids is 2. The van der Waals surface area contributed by atoms with E-state index in [9.17, 15) is 9.59 Å². The van der Waals surface area contributed by atoms with Crippen LogP contribution in [0.2, 0.25) is 0 Å². The molecule has 7 heteroatoms. The van der Waals surface area contributed by atoms with Gasteiger partial charge in [-0.2, -0.15) is 16.9 Å². The summed E-state index contributed by atoms with van der Waals surface area (Å²) in [7, 11) is 0. The van der Waals surface area contributed by atoms with Crippen molar-refractivity contribution in [1.82, 2.24) is 9.78 Å². The molecule has 0 radical (unpaired) electrons. The average molecular weight is 294 g/mol. The van der Waals surface area contributed by atoms with Crippen LogP contribution in [0.15, 0.2) is 23.9 Å².